The molecule has 156 valence electrons. The first kappa shape index (κ1) is 20.7. The number of nitrogens with zero attached hydrogens (tertiary/aromatic N) is 2. The monoisotopic (exact) mass is 465 g/mol. The lowest BCUT2D eigenvalue weighted by atomic mass is 10.3. The molecule has 10 heteroatoms. The van der Waals surface area contributed by atoms with E-state index in [0.717, 1.165) is 17.7 Å². The van der Waals surface area contributed by atoms with Gasteiger partial charge in [-0.3, -0.25) is 14.3 Å². The summed E-state index contributed by atoms with van der Waals surface area (Å²) in [5.41, 5.74) is 0.822. The van der Waals surface area contributed by atoms with Gasteiger partial charge in [-0.2, -0.15) is 0 Å². The summed E-state index contributed by atoms with van der Waals surface area (Å²) in [6.07, 6.45) is 1.87. The first-order valence-electron chi connectivity index (χ1n) is 9.20. The van der Waals surface area contributed by atoms with E-state index in [-0.39, 0.29) is 21.3 Å². The molecule has 0 unspecified atom stereocenters. The maximum absolute atomic E-state index is 12.8. The Kier molecular flexibility index (Phi) is 5.48. The van der Waals surface area contributed by atoms with Crippen LogP contribution in [0.15, 0.2) is 64.2 Å². The third-order valence-electron chi connectivity index (χ3n) is 4.93. The van der Waals surface area contributed by atoms with E-state index in [0.29, 0.717) is 23.8 Å². The second-order valence-electron chi connectivity index (χ2n) is 6.91. The summed E-state index contributed by atoms with van der Waals surface area (Å²) in [6.45, 7) is 1.35. The molecular formula is C20H17Cl2N3O4S. The Hall–Kier alpha value is -2.55. The van der Waals surface area contributed by atoms with Crippen LogP contribution < -0.4 is 9.62 Å². The summed E-state index contributed by atoms with van der Waals surface area (Å²) in [7, 11) is -3.85. The molecule has 4 rings (SSSR count). The molecule has 0 aromatic heterocycles. The highest BCUT2D eigenvalue weighted by Crippen LogP contribution is 2.33. The first-order chi connectivity index (χ1) is 14.3. The maximum Gasteiger partial charge on any atom is 0.283 e. The number of carbonyl (C=O) groups excluding carboxylic acids is 2. The number of hydrogen-bond donors (Lipinski definition) is 1. The lowest BCUT2D eigenvalue weighted by Gasteiger charge is -2.20. The number of nitrogens with one attached hydrogen (secondary N) is 1. The predicted octanol–water partition coefficient (Wildman–Crippen LogP) is 3.56. The lowest BCUT2D eigenvalue weighted by molar-refractivity contribution is -0.121. The van der Waals surface area contributed by atoms with Crippen LogP contribution in [0.3, 0.4) is 0 Å². The summed E-state index contributed by atoms with van der Waals surface area (Å²) < 4.78 is 27.6. The van der Waals surface area contributed by atoms with Crippen molar-refractivity contribution in [3.63, 3.8) is 0 Å². The Labute approximate surface area is 183 Å². The molecule has 1 fully saturated rings. The zero-order chi connectivity index (χ0) is 21.5. The number of sulfonamides is 1. The van der Waals surface area contributed by atoms with Gasteiger partial charge in [-0.1, -0.05) is 23.2 Å². The van der Waals surface area contributed by atoms with Crippen LogP contribution in [0.5, 0.6) is 0 Å². The standard InChI is InChI=1S/C20H17Cl2N3O4S/c21-13-3-5-14(6-4-13)23-30(28,29)16-9-7-15(8-10-16)25-19(26)17(22)18(20(25)27)24-11-1-2-12-24/h3-10,23H,1-2,11-12H2. The smallest absolute Gasteiger partial charge is 0.283 e. The van der Waals surface area contributed by atoms with Gasteiger partial charge in [0.2, 0.25) is 0 Å². The quantitative estimate of drug-likeness (QED) is 0.682. The minimum atomic E-state index is -3.85. The van der Waals surface area contributed by atoms with Gasteiger partial charge in [0.05, 0.1) is 10.6 Å². The van der Waals surface area contributed by atoms with E-state index in [9.17, 15) is 18.0 Å². The minimum absolute atomic E-state index is 0.0147. The summed E-state index contributed by atoms with van der Waals surface area (Å²) >= 11 is 12.0. The van der Waals surface area contributed by atoms with Gasteiger partial charge >= 0.3 is 0 Å². The summed E-state index contributed by atoms with van der Waals surface area (Å²) in [5.74, 6) is -1.11. The van der Waals surface area contributed by atoms with E-state index in [1.807, 2.05) is 4.90 Å². The van der Waals surface area contributed by atoms with E-state index in [1.165, 1.54) is 24.3 Å². The molecule has 2 aliphatic heterocycles. The molecule has 2 amide bonds. The second-order valence-corrected chi connectivity index (χ2v) is 9.41. The van der Waals surface area contributed by atoms with Crippen LogP contribution >= 0.6 is 23.2 Å². The average Bonchev–Trinajstić information content (AvgIpc) is 3.31. The molecule has 0 radical (unpaired) electrons. The lowest BCUT2D eigenvalue weighted by Crippen LogP contribution is -2.34. The van der Waals surface area contributed by atoms with Crippen molar-refractivity contribution >= 4 is 56.4 Å². The number of anilines is 2. The highest BCUT2D eigenvalue weighted by atomic mass is 35.5. The molecule has 2 aromatic carbocycles. The maximum atomic E-state index is 12.8. The van der Waals surface area contributed by atoms with Crippen LogP contribution in [-0.4, -0.2) is 38.2 Å². The van der Waals surface area contributed by atoms with Gasteiger partial charge < -0.3 is 4.90 Å². The van der Waals surface area contributed by atoms with Gasteiger partial charge in [-0.25, -0.2) is 13.3 Å². The van der Waals surface area contributed by atoms with Crippen molar-refractivity contribution in [2.24, 2.45) is 0 Å². The summed E-state index contributed by atoms with van der Waals surface area (Å²) in [4.78, 5) is 28.2. The Bertz CT molecular complexity index is 1140. The number of hydrogen-bond acceptors (Lipinski definition) is 5. The van der Waals surface area contributed by atoms with E-state index in [1.54, 1.807) is 24.3 Å². The third-order valence-corrected chi connectivity index (χ3v) is 6.92. The number of carbonyl (C=O) groups is 2. The molecule has 2 heterocycles. The fourth-order valence-electron chi connectivity index (χ4n) is 3.45. The molecule has 0 spiro atoms. The van der Waals surface area contributed by atoms with Crippen LogP contribution in [0.25, 0.3) is 0 Å². The number of imide groups is 1. The molecule has 1 saturated heterocycles. The Morgan fingerprint density at radius 2 is 1.43 bits per heavy atom. The predicted molar refractivity (Wildman–Crippen MR) is 115 cm³/mol. The van der Waals surface area contributed by atoms with Crippen LogP contribution in [-0.2, 0) is 19.6 Å². The Morgan fingerprint density at radius 1 is 0.833 bits per heavy atom. The Balaban J connectivity index is 1.55. The minimum Gasteiger partial charge on any atom is -0.366 e. The number of amides is 2. The fraction of sp³-hybridized carbons (Fsp3) is 0.200. The van der Waals surface area contributed by atoms with Crippen molar-refractivity contribution in [1.82, 2.24) is 4.90 Å². The molecule has 7 nitrogen and oxygen atoms in total. The van der Waals surface area contributed by atoms with E-state index in [2.05, 4.69) is 4.72 Å². The molecule has 0 saturated carbocycles. The largest absolute Gasteiger partial charge is 0.366 e. The highest BCUT2D eigenvalue weighted by Gasteiger charge is 2.41. The zero-order valence-corrected chi connectivity index (χ0v) is 18.0. The zero-order valence-electron chi connectivity index (χ0n) is 15.6. The molecule has 2 aliphatic rings. The molecular weight excluding hydrogens is 449 g/mol. The van der Waals surface area contributed by atoms with Gasteiger partial charge in [0.25, 0.3) is 21.8 Å². The van der Waals surface area contributed by atoms with Crippen molar-refractivity contribution in [3.05, 3.63) is 64.3 Å². The summed E-state index contributed by atoms with van der Waals surface area (Å²) in [5, 5.41) is 0.380. The molecule has 30 heavy (non-hydrogen) atoms. The number of likely N-dealkylation sites (tertiary alicyclic amines) is 1. The molecule has 0 bridgehead atoms. The molecule has 1 N–H and O–H groups in total. The van der Waals surface area contributed by atoms with Gasteiger partial charge in [0, 0.05) is 23.8 Å². The molecule has 0 aliphatic carbocycles. The average molecular weight is 466 g/mol. The third kappa shape index (κ3) is 3.78. The topological polar surface area (TPSA) is 86.8 Å². The number of benzene rings is 2. The Morgan fingerprint density at radius 3 is 2.03 bits per heavy atom. The highest BCUT2D eigenvalue weighted by molar-refractivity contribution is 7.92. The van der Waals surface area contributed by atoms with Crippen LogP contribution in [0.1, 0.15) is 12.8 Å². The van der Waals surface area contributed by atoms with Crippen molar-refractivity contribution in [2.45, 2.75) is 17.7 Å². The van der Waals surface area contributed by atoms with Crippen LogP contribution in [0.4, 0.5) is 11.4 Å². The number of rotatable bonds is 5. The van der Waals surface area contributed by atoms with Gasteiger partial charge in [-0.15, -0.1) is 0 Å². The first-order valence-corrected chi connectivity index (χ1v) is 11.4. The van der Waals surface area contributed by atoms with E-state index in [4.69, 9.17) is 23.2 Å². The van der Waals surface area contributed by atoms with Crippen molar-refractivity contribution in [3.8, 4) is 0 Å². The SMILES string of the molecule is O=C1C(Cl)=C(N2CCCC2)C(=O)N1c1ccc(S(=O)(=O)Nc2ccc(Cl)cc2)cc1. The van der Waals surface area contributed by atoms with Crippen LogP contribution in [0.2, 0.25) is 5.02 Å². The fourth-order valence-corrected chi connectivity index (χ4v) is 4.92. The molecule has 0 atom stereocenters. The number of halogens is 2. The summed E-state index contributed by atoms with van der Waals surface area (Å²) in [6, 6.07) is 11.7. The van der Waals surface area contributed by atoms with Crippen molar-refractivity contribution in [1.29, 1.82) is 0 Å². The van der Waals surface area contributed by atoms with Gasteiger partial charge in [-0.05, 0) is 61.4 Å². The van der Waals surface area contributed by atoms with Crippen LogP contribution in [0, 0.1) is 0 Å². The normalized spacial score (nSPS) is 17.3. The molecule has 2 aromatic rings. The van der Waals surface area contributed by atoms with E-state index >= 15 is 0 Å². The second kappa shape index (κ2) is 7.94. The van der Waals surface area contributed by atoms with Gasteiger partial charge in [0.15, 0.2) is 0 Å². The van der Waals surface area contributed by atoms with Crippen molar-refractivity contribution < 1.29 is 18.0 Å². The van der Waals surface area contributed by atoms with Gasteiger partial charge in [0.1, 0.15) is 10.7 Å². The van der Waals surface area contributed by atoms with E-state index < -0.39 is 21.8 Å². The van der Waals surface area contributed by atoms with Crippen molar-refractivity contribution in [2.75, 3.05) is 22.7 Å².